The lowest BCUT2D eigenvalue weighted by Gasteiger charge is -2.09. The highest BCUT2D eigenvalue weighted by molar-refractivity contribution is 7.89. The second-order valence-electron chi connectivity index (χ2n) is 6.12. The Kier molecular flexibility index (Phi) is 6.34. The van der Waals surface area contributed by atoms with Gasteiger partial charge in [0.15, 0.2) is 0 Å². The first-order valence-electron chi connectivity index (χ1n) is 8.52. The van der Waals surface area contributed by atoms with Crippen molar-refractivity contribution in [3.63, 3.8) is 0 Å². The molecule has 0 aliphatic carbocycles. The van der Waals surface area contributed by atoms with Crippen LogP contribution in [0.5, 0.6) is 5.75 Å². The molecule has 28 heavy (non-hydrogen) atoms. The maximum atomic E-state index is 12.3. The molecule has 3 rings (SSSR count). The van der Waals surface area contributed by atoms with Gasteiger partial charge in [-0.3, -0.25) is 0 Å². The van der Waals surface area contributed by atoms with E-state index in [1.807, 2.05) is 31.2 Å². The molecule has 0 radical (unpaired) electrons. The quantitative estimate of drug-likeness (QED) is 0.456. The lowest BCUT2D eigenvalue weighted by Crippen LogP contribution is -2.18. The SMILES string of the molecule is Cc1ccc(S(=O)(=O)N/N=C\c2ccccc2OCc2ccc(Cl)cc2)cc1. The average Bonchev–Trinajstić information content (AvgIpc) is 2.69. The smallest absolute Gasteiger partial charge is 0.276 e. The van der Waals surface area contributed by atoms with Crippen LogP contribution in [0.15, 0.2) is 82.8 Å². The molecule has 0 saturated heterocycles. The number of benzene rings is 3. The van der Waals surface area contributed by atoms with Crippen molar-refractivity contribution < 1.29 is 13.2 Å². The first-order valence-corrected chi connectivity index (χ1v) is 10.4. The predicted octanol–water partition coefficient (Wildman–Crippen LogP) is 4.54. The van der Waals surface area contributed by atoms with E-state index in [2.05, 4.69) is 9.93 Å². The number of aryl methyl sites for hydroxylation is 1. The van der Waals surface area contributed by atoms with E-state index in [0.29, 0.717) is 22.9 Å². The van der Waals surface area contributed by atoms with Gasteiger partial charge in [0.05, 0.1) is 11.1 Å². The molecular formula is C21H19ClN2O3S. The van der Waals surface area contributed by atoms with Gasteiger partial charge in [-0.15, -0.1) is 0 Å². The summed E-state index contributed by atoms with van der Waals surface area (Å²) in [5.74, 6) is 0.593. The van der Waals surface area contributed by atoms with Gasteiger partial charge in [0.25, 0.3) is 10.0 Å². The summed E-state index contributed by atoms with van der Waals surface area (Å²) in [5.41, 5.74) is 2.61. The van der Waals surface area contributed by atoms with Gasteiger partial charge in [0.1, 0.15) is 12.4 Å². The molecule has 0 unspecified atom stereocenters. The Labute approximate surface area is 169 Å². The van der Waals surface area contributed by atoms with Crippen molar-refractivity contribution in [3.8, 4) is 5.75 Å². The number of hydrogen-bond acceptors (Lipinski definition) is 4. The molecule has 3 aromatic rings. The molecule has 0 aliphatic rings. The molecule has 0 amide bonds. The minimum atomic E-state index is -3.72. The summed E-state index contributed by atoms with van der Waals surface area (Å²) in [6.45, 7) is 2.25. The van der Waals surface area contributed by atoms with Crippen LogP contribution in [0.1, 0.15) is 16.7 Å². The maximum Gasteiger partial charge on any atom is 0.276 e. The standard InChI is InChI=1S/C21H19ClN2O3S/c1-16-6-12-20(13-7-16)28(25,26)24-23-14-18-4-2-3-5-21(18)27-15-17-8-10-19(22)11-9-17/h2-14,24H,15H2,1H3/b23-14-. The van der Waals surface area contributed by atoms with Gasteiger partial charge in [-0.25, -0.2) is 4.83 Å². The number of ether oxygens (including phenoxy) is 1. The number of halogens is 1. The number of nitrogens with one attached hydrogen (secondary N) is 1. The lowest BCUT2D eigenvalue weighted by atomic mass is 10.2. The fraction of sp³-hybridized carbons (Fsp3) is 0.0952. The van der Waals surface area contributed by atoms with E-state index in [0.717, 1.165) is 11.1 Å². The predicted molar refractivity (Wildman–Crippen MR) is 111 cm³/mol. The zero-order chi connectivity index (χ0) is 20.0. The molecule has 0 spiro atoms. The first kappa shape index (κ1) is 19.9. The van der Waals surface area contributed by atoms with Gasteiger partial charge in [-0.1, -0.05) is 53.6 Å². The highest BCUT2D eigenvalue weighted by Crippen LogP contribution is 2.18. The summed E-state index contributed by atoms with van der Waals surface area (Å²) >= 11 is 5.89. The molecule has 1 N–H and O–H groups in total. The molecule has 5 nitrogen and oxygen atoms in total. The van der Waals surface area contributed by atoms with Crippen molar-refractivity contribution in [1.29, 1.82) is 0 Å². The number of para-hydroxylation sites is 1. The number of hydrazone groups is 1. The molecule has 7 heteroatoms. The van der Waals surface area contributed by atoms with Gasteiger partial charge in [0.2, 0.25) is 0 Å². The summed E-state index contributed by atoms with van der Waals surface area (Å²) in [4.78, 5) is 2.38. The number of nitrogens with zero attached hydrogens (tertiary/aromatic N) is 1. The van der Waals surface area contributed by atoms with E-state index in [4.69, 9.17) is 16.3 Å². The van der Waals surface area contributed by atoms with E-state index in [-0.39, 0.29) is 4.90 Å². The maximum absolute atomic E-state index is 12.3. The first-order chi connectivity index (χ1) is 13.4. The normalized spacial score (nSPS) is 11.5. The van der Waals surface area contributed by atoms with Crippen molar-refractivity contribution in [1.82, 2.24) is 4.83 Å². The molecule has 0 bridgehead atoms. The molecule has 0 saturated carbocycles. The monoisotopic (exact) mass is 414 g/mol. The zero-order valence-corrected chi connectivity index (χ0v) is 16.7. The van der Waals surface area contributed by atoms with Gasteiger partial charge in [-0.2, -0.15) is 13.5 Å². The second-order valence-corrected chi connectivity index (χ2v) is 8.22. The van der Waals surface area contributed by atoms with Crippen LogP contribution in [0, 0.1) is 6.92 Å². The fourth-order valence-electron chi connectivity index (χ4n) is 2.40. The van der Waals surface area contributed by atoms with Crippen LogP contribution < -0.4 is 9.57 Å². The lowest BCUT2D eigenvalue weighted by molar-refractivity contribution is 0.306. The summed E-state index contributed by atoms with van der Waals surface area (Å²) < 4.78 is 30.4. The molecule has 0 heterocycles. The number of sulfonamides is 1. The highest BCUT2D eigenvalue weighted by atomic mass is 35.5. The Balaban J connectivity index is 1.68. The van der Waals surface area contributed by atoms with E-state index >= 15 is 0 Å². The minimum Gasteiger partial charge on any atom is -0.488 e. The average molecular weight is 415 g/mol. The van der Waals surface area contributed by atoms with Gasteiger partial charge < -0.3 is 4.74 Å². The molecule has 0 aromatic heterocycles. The van der Waals surface area contributed by atoms with Crippen LogP contribution >= 0.6 is 11.6 Å². The van der Waals surface area contributed by atoms with E-state index in [1.54, 1.807) is 36.4 Å². The second kappa shape index (κ2) is 8.91. The Bertz CT molecular complexity index is 1060. The van der Waals surface area contributed by atoms with Crippen LogP contribution in [0.3, 0.4) is 0 Å². The minimum absolute atomic E-state index is 0.155. The number of hydrogen-bond donors (Lipinski definition) is 1. The van der Waals surface area contributed by atoms with Crippen molar-refractivity contribution in [2.75, 3.05) is 0 Å². The molecule has 0 fully saturated rings. The van der Waals surface area contributed by atoms with Crippen LogP contribution in [0.2, 0.25) is 5.02 Å². The molecular weight excluding hydrogens is 396 g/mol. The molecule has 0 aliphatic heterocycles. The van der Waals surface area contributed by atoms with Crippen molar-refractivity contribution in [2.45, 2.75) is 18.4 Å². The molecule has 144 valence electrons. The van der Waals surface area contributed by atoms with E-state index in [9.17, 15) is 8.42 Å². The summed E-state index contributed by atoms with van der Waals surface area (Å²) in [7, 11) is -3.72. The molecule has 3 aromatic carbocycles. The summed E-state index contributed by atoms with van der Waals surface area (Å²) in [5, 5.41) is 4.54. The fourth-order valence-corrected chi connectivity index (χ4v) is 3.31. The van der Waals surface area contributed by atoms with Crippen LogP contribution in [0.4, 0.5) is 0 Å². The zero-order valence-electron chi connectivity index (χ0n) is 15.2. The Hall–Kier alpha value is -2.83. The Morgan fingerprint density at radius 2 is 1.68 bits per heavy atom. The van der Waals surface area contributed by atoms with Crippen LogP contribution in [-0.4, -0.2) is 14.6 Å². The van der Waals surface area contributed by atoms with Gasteiger partial charge in [0, 0.05) is 10.6 Å². The van der Waals surface area contributed by atoms with Gasteiger partial charge >= 0.3 is 0 Å². The third kappa shape index (κ3) is 5.34. The summed E-state index contributed by atoms with van der Waals surface area (Å²) in [6, 6.07) is 21.2. The van der Waals surface area contributed by atoms with E-state index < -0.39 is 10.0 Å². The third-order valence-electron chi connectivity index (χ3n) is 3.93. The molecule has 0 atom stereocenters. The Morgan fingerprint density at radius 3 is 2.39 bits per heavy atom. The largest absolute Gasteiger partial charge is 0.488 e. The van der Waals surface area contributed by atoms with E-state index in [1.165, 1.54) is 18.3 Å². The van der Waals surface area contributed by atoms with Gasteiger partial charge in [-0.05, 0) is 48.9 Å². The highest BCUT2D eigenvalue weighted by Gasteiger charge is 2.12. The van der Waals surface area contributed by atoms with Crippen LogP contribution in [0.25, 0.3) is 0 Å². The van der Waals surface area contributed by atoms with Crippen molar-refractivity contribution in [3.05, 3.63) is 94.5 Å². The van der Waals surface area contributed by atoms with Crippen molar-refractivity contribution >= 4 is 27.8 Å². The Morgan fingerprint density at radius 1 is 1.00 bits per heavy atom. The van der Waals surface area contributed by atoms with Crippen molar-refractivity contribution in [2.24, 2.45) is 5.10 Å². The summed E-state index contributed by atoms with van der Waals surface area (Å²) in [6.07, 6.45) is 1.42. The topological polar surface area (TPSA) is 67.8 Å². The third-order valence-corrected chi connectivity index (χ3v) is 5.42. The number of rotatable bonds is 7. The van der Waals surface area contributed by atoms with Crippen LogP contribution in [-0.2, 0) is 16.6 Å².